The maximum Gasteiger partial charge on any atom is 0.236 e. The highest BCUT2D eigenvalue weighted by molar-refractivity contribution is 7.91. The summed E-state index contributed by atoms with van der Waals surface area (Å²) in [5.74, 6) is 0.227. The van der Waals surface area contributed by atoms with E-state index in [0.29, 0.717) is 22.0 Å². The van der Waals surface area contributed by atoms with Crippen molar-refractivity contribution in [1.82, 2.24) is 18.9 Å². The maximum atomic E-state index is 12.4. The molecule has 0 radical (unpaired) electrons. The summed E-state index contributed by atoms with van der Waals surface area (Å²) in [6, 6.07) is 8.19. The van der Waals surface area contributed by atoms with Crippen LogP contribution in [0.4, 0.5) is 0 Å². The first kappa shape index (κ1) is 21.1. The molecule has 1 aromatic carbocycles. The minimum Gasteiger partial charge on any atom is -0.256 e. The van der Waals surface area contributed by atoms with Crippen LogP contribution in [0.2, 0.25) is 0 Å². The van der Waals surface area contributed by atoms with Crippen LogP contribution in [0.25, 0.3) is 33.5 Å². The number of rotatable bonds is 5. The molecule has 0 saturated heterocycles. The van der Waals surface area contributed by atoms with Gasteiger partial charge in [0.15, 0.2) is 15.7 Å². The molecule has 0 aliphatic carbocycles. The molecule has 0 spiro atoms. The number of aromatic nitrogens is 4. The highest BCUT2D eigenvalue weighted by atomic mass is 32.2. The summed E-state index contributed by atoms with van der Waals surface area (Å²) in [4.78, 5) is 13.2. The highest BCUT2D eigenvalue weighted by Crippen LogP contribution is 2.32. The Hall–Kier alpha value is -3.11. The Morgan fingerprint density at radius 3 is 2.29 bits per heavy atom. The van der Waals surface area contributed by atoms with Gasteiger partial charge in [-0.15, -0.1) is 0 Å². The smallest absolute Gasteiger partial charge is 0.236 e. The molecular weight excluding hydrogens is 436 g/mol. The average Bonchev–Trinajstić information content (AvgIpc) is 3.13. The van der Waals surface area contributed by atoms with E-state index >= 15 is 0 Å². The van der Waals surface area contributed by atoms with Gasteiger partial charge >= 0.3 is 0 Å². The zero-order valence-electron chi connectivity index (χ0n) is 17.1. The van der Waals surface area contributed by atoms with Crippen LogP contribution in [-0.2, 0) is 19.9 Å². The lowest BCUT2D eigenvalue weighted by Crippen LogP contribution is -2.08. The largest absolute Gasteiger partial charge is 0.256 e. The number of fused-ring (bicyclic) bond motifs is 1. The molecule has 8 nitrogen and oxygen atoms in total. The summed E-state index contributed by atoms with van der Waals surface area (Å²) in [6.45, 7) is 3.52. The lowest BCUT2D eigenvalue weighted by atomic mass is 10.1. The highest BCUT2D eigenvalue weighted by Gasteiger charge is 2.21. The van der Waals surface area contributed by atoms with Gasteiger partial charge in [0.05, 0.1) is 28.1 Å². The molecule has 160 valence electrons. The fraction of sp³-hybridized carbons (Fsp3) is 0.190. The molecule has 0 saturated carbocycles. The quantitative estimate of drug-likeness (QED) is 0.454. The molecule has 31 heavy (non-hydrogen) atoms. The van der Waals surface area contributed by atoms with E-state index < -0.39 is 19.9 Å². The van der Waals surface area contributed by atoms with E-state index in [2.05, 4.69) is 15.0 Å². The third-order valence-electron chi connectivity index (χ3n) is 4.94. The lowest BCUT2D eigenvalue weighted by molar-refractivity contribution is 0.594. The standard InChI is InChI=1S/C21H20N4O4S2/c1-4-31(28,29)16-5-6-20-17(10-16)18(13-25(20)30(3,26)27)21-23-11-15(12-24-21)19-9-14(2)7-8-22-19/h5-13H,4H2,1-3H3. The summed E-state index contributed by atoms with van der Waals surface area (Å²) >= 11 is 0. The van der Waals surface area contributed by atoms with E-state index in [-0.39, 0.29) is 16.5 Å². The summed E-state index contributed by atoms with van der Waals surface area (Å²) in [7, 11) is -7.09. The van der Waals surface area contributed by atoms with Gasteiger partial charge in [0.2, 0.25) is 10.0 Å². The number of hydrogen-bond acceptors (Lipinski definition) is 7. The Morgan fingerprint density at radius 2 is 1.68 bits per heavy atom. The van der Waals surface area contributed by atoms with Crippen LogP contribution in [0.1, 0.15) is 12.5 Å². The van der Waals surface area contributed by atoms with Crippen LogP contribution in [-0.4, -0.2) is 47.8 Å². The maximum absolute atomic E-state index is 12.4. The Morgan fingerprint density at radius 1 is 0.968 bits per heavy atom. The molecule has 4 aromatic rings. The minimum atomic E-state index is -3.62. The topological polar surface area (TPSA) is 112 Å². The molecule has 3 aromatic heterocycles. The van der Waals surface area contributed by atoms with Crippen LogP contribution in [0.5, 0.6) is 0 Å². The van der Waals surface area contributed by atoms with Gasteiger partial charge in [-0.3, -0.25) is 4.98 Å². The van der Waals surface area contributed by atoms with E-state index in [0.717, 1.165) is 21.5 Å². The summed E-state index contributed by atoms with van der Waals surface area (Å²) in [5.41, 5.74) is 3.28. The molecule has 0 aliphatic rings. The fourth-order valence-electron chi connectivity index (χ4n) is 3.29. The Balaban J connectivity index is 1.91. The van der Waals surface area contributed by atoms with Gasteiger partial charge < -0.3 is 0 Å². The van der Waals surface area contributed by atoms with Gasteiger partial charge in [0.25, 0.3) is 0 Å². The molecule has 4 rings (SSSR count). The summed E-state index contributed by atoms with van der Waals surface area (Å²) in [6.07, 6.45) is 7.43. The Labute approximate surface area is 180 Å². The Kier molecular flexibility index (Phi) is 5.14. The van der Waals surface area contributed by atoms with Crippen molar-refractivity contribution in [3.63, 3.8) is 0 Å². The zero-order chi connectivity index (χ0) is 22.4. The van der Waals surface area contributed by atoms with Crippen LogP contribution in [0.15, 0.2) is 60.0 Å². The van der Waals surface area contributed by atoms with Gasteiger partial charge in [-0.2, -0.15) is 0 Å². The number of benzene rings is 1. The second-order valence-electron chi connectivity index (χ2n) is 7.20. The lowest BCUT2D eigenvalue weighted by Gasteiger charge is -2.05. The van der Waals surface area contributed by atoms with Gasteiger partial charge in [0, 0.05) is 41.3 Å². The van der Waals surface area contributed by atoms with Crippen LogP contribution in [0, 0.1) is 6.92 Å². The normalized spacial score (nSPS) is 12.4. The second kappa shape index (κ2) is 7.54. The molecule has 0 fully saturated rings. The molecule has 0 amide bonds. The number of nitrogens with zero attached hydrogens (tertiary/aromatic N) is 4. The molecule has 0 unspecified atom stereocenters. The third-order valence-corrected chi connectivity index (χ3v) is 7.69. The van der Waals surface area contributed by atoms with Crippen molar-refractivity contribution in [2.45, 2.75) is 18.7 Å². The van der Waals surface area contributed by atoms with E-state index in [4.69, 9.17) is 0 Å². The molecule has 0 bridgehead atoms. The fourth-order valence-corrected chi connectivity index (χ4v) is 5.01. The monoisotopic (exact) mass is 456 g/mol. The molecule has 10 heteroatoms. The van der Waals surface area contributed by atoms with E-state index in [1.807, 2.05) is 19.1 Å². The molecule has 0 aliphatic heterocycles. The van der Waals surface area contributed by atoms with Crippen molar-refractivity contribution >= 4 is 30.8 Å². The van der Waals surface area contributed by atoms with Gasteiger partial charge in [0.1, 0.15) is 0 Å². The van der Waals surface area contributed by atoms with Gasteiger partial charge in [-0.25, -0.2) is 30.8 Å². The van der Waals surface area contributed by atoms with Crippen molar-refractivity contribution in [3.05, 3.63) is 60.7 Å². The van der Waals surface area contributed by atoms with E-state index in [9.17, 15) is 16.8 Å². The van der Waals surface area contributed by atoms with Crippen LogP contribution in [0.3, 0.4) is 0 Å². The zero-order valence-corrected chi connectivity index (χ0v) is 18.8. The first-order valence-corrected chi connectivity index (χ1v) is 12.9. The first-order chi connectivity index (χ1) is 14.6. The number of hydrogen-bond donors (Lipinski definition) is 0. The van der Waals surface area contributed by atoms with Gasteiger partial charge in [-0.05, 0) is 42.8 Å². The number of pyridine rings is 1. The first-order valence-electron chi connectivity index (χ1n) is 9.44. The molecule has 0 atom stereocenters. The Bertz CT molecular complexity index is 1510. The van der Waals surface area contributed by atoms with E-state index in [1.54, 1.807) is 25.5 Å². The predicted molar refractivity (Wildman–Crippen MR) is 119 cm³/mol. The average molecular weight is 457 g/mol. The SMILES string of the molecule is CCS(=O)(=O)c1ccc2c(c1)c(-c1ncc(-c3cc(C)ccn3)cn1)cn2S(C)(=O)=O. The van der Waals surface area contributed by atoms with Crippen molar-refractivity contribution in [1.29, 1.82) is 0 Å². The summed E-state index contributed by atoms with van der Waals surface area (Å²) < 4.78 is 50.4. The van der Waals surface area contributed by atoms with Crippen molar-refractivity contribution in [2.75, 3.05) is 12.0 Å². The van der Waals surface area contributed by atoms with Gasteiger partial charge in [-0.1, -0.05) is 6.92 Å². The van der Waals surface area contributed by atoms with Crippen molar-refractivity contribution < 1.29 is 16.8 Å². The number of aryl methyl sites for hydroxylation is 1. The molecule has 3 heterocycles. The van der Waals surface area contributed by atoms with Crippen LogP contribution < -0.4 is 0 Å². The van der Waals surface area contributed by atoms with Crippen LogP contribution >= 0.6 is 0 Å². The second-order valence-corrected chi connectivity index (χ2v) is 11.3. The van der Waals surface area contributed by atoms with E-state index in [1.165, 1.54) is 24.4 Å². The van der Waals surface area contributed by atoms with Crippen molar-refractivity contribution in [2.24, 2.45) is 0 Å². The minimum absolute atomic E-state index is 0.0602. The molecule has 0 N–H and O–H groups in total. The number of sulfone groups is 1. The van der Waals surface area contributed by atoms with Crippen molar-refractivity contribution in [3.8, 4) is 22.6 Å². The predicted octanol–water partition coefficient (Wildman–Crippen LogP) is 3.07. The summed E-state index contributed by atoms with van der Waals surface area (Å²) in [5, 5.41) is 0.446. The molecular formula is C21H20N4O4S2. The third kappa shape index (κ3) is 3.96.